The molecule has 3 atom stereocenters. The first kappa shape index (κ1) is 18.5. The van der Waals surface area contributed by atoms with Crippen molar-refractivity contribution >= 4 is 24.8 Å². The van der Waals surface area contributed by atoms with Crippen LogP contribution in [0.25, 0.3) is 0 Å². The molecule has 3 nitrogen and oxygen atoms in total. The van der Waals surface area contributed by atoms with Crippen LogP contribution in [0.4, 0.5) is 0 Å². The molecule has 2 spiro atoms. The summed E-state index contributed by atoms with van der Waals surface area (Å²) in [6, 6.07) is 12.4. The molecule has 0 aromatic heterocycles. The number of hydrogen-bond acceptors (Lipinski definition) is 3. The smallest absolute Gasteiger partial charge is 0.0839 e. The Morgan fingerprint density at radius 1 is 1.04 bits per heavy atom. The summed E-state index contributed by atoms with van der Waals surface area (Å²) in [6.45, 7) is 3.19. The minimum atomic E-state index is 0. The third kappa shape index (κ3) is 3.22. The molecular formula is C19H28Cl2N2O. The topological polar surface area (TPSA) is 24.5 Å². The van der Waals surface area contributed by atoms with E-state index in [1.165, 1.54) is 44.1 Å². The van der Waals surface area contributed by atoms with E-state index in [0.717, 1.165) is 19.7 Å². The lowest BCUT2D eigenvalue weighted by atomic mass is 9.84. The average Bonchev–Trinajstić information content (AvgIpc) is 3.24. The van der Waals surface area contributed by atoms with Gasteiger partial charge in [0.25, 0.3) is 0 Å². The highest BCUT2D eigenvalue weighted by Crippen LogP contribution is 2.50. The number of benzene rings is 1. The van der Waals surface area contributed by atoms with Gasteiger partial charge >= 0.3 is 0 Å². The fourth-order valence-corrected chi connectivity index (χ4v) is 5.02. The highest BCUT2D eigenvalue weighted by atomic mass is 35.5. The monoisotopic (exact) mass is 370 g/mol. The van der Waals surface area contributed by atoms with E-state index in [0.29, 0.717) is 17.6 Å². The first-order valence-corrected chi connectivity index (χ1v) is 8.94. The molecular weight excluding hydrogens is 343 g/mol. The van der Waals surface area contributed by atoms with Crippen molar-refractivity contribution in [3.8, 4) is 0 Å². The van der Waals surface area contributed by atoms with Crippen LogP contribution >= 0.6 is 24.8 Å². The fourth-order valence-electron chi connectivity index (χ4n) is 5.02. The van der Waals surface area contributed by atoms with Crippen molar-refractivity contribution in [1.82, 2.24) is 10.2 Å². The van der Waals surface area contributed by atoms with Crippen molar-refractivity contribution in [2.45, 2.75) is 68.3 Å². The summed E-state index contributed by atoms with van der Waals surface area (Å²) < 4.78 is 6.55. The van der Waals surface area contributed by atoms with Gasteiger partial charge in [0, 0.05) is 30.7 Å². The Balaban J connectivity index is 0.000000845. The van der Waals surface area contributed by atoms with E-state index < -0.39 is 0 Å². The van der Waals surface area contributed by atoms with Crippen LogP contribution in [-0.4, -0.2) is 41.3 Å². The number of piperidine rings is 1. The van der Waals surface area contributed by atoms with E-state index in [1.807, 2.05) is 0 Å². The molecule has 2 bridgehead atoms. The standard InChI is InChI=1S/C19H26N2O.2ClH/c1-2-4-15(5-3-1)12-21-13-19(22-14-18(21)8-9-18)10-16-6-7-17(11-19)20-16;;/h1-5,16-17,20H,6-14H2;2*1H/t16-,17+,19?;;. The summed E-state index contributed by atoms with van der Waals surface area (Å²) in [5, 5.41) is 3.76. The van der Waals surface area contributed by atoms with E-state index in [-0.39, 0.29) is 30.4 Å². The molecule has 3 heterocycles. The van der Waals surface area contributed by atoms with Gasteiger partial charge in [0.05, 0.1) is 12.2 Å². The highest BCUT2D eigenvalue weighted by Gasteiger charge is 2.57. The third-order valence-corrected chi connectivity index (χ3v) is 6.41. The number of ether oxygens (including phenoxy) is 1. The molecule has 0 radical (unpaired) electrons. The number of hydrogen-bond donors (Lipinski definition) is 1. The van der Waals surface area contributed by atoms with E-state index in [4.69, 9.17) is 4.74 Å². The van der Waals surface area contributed by atoms with Crippen LogP contribution in [0.1, 0.15) is 44.1 Å². The Morgan fingerprint density at radius 3 is 2.33 bits per heavy atom. The van der Waals surface area contributed by atoms with Gasteiger partial charge in [-0.1, -0.05) is 30.3 Å². The minimum Gasteiger partial charge on any atom is -0.372 e. The molecule has 134 valence electrons. The van der Waals surface area contributed by atoms with Crippen LogP contribution in [0.5, 0.6) is 0 Å². The van der Waals surface area contributed by atoms with Gasteiger partial charge in [0.15, 0.2) is 0 Å². The lowest BCUT2D eigenvalue weighted by Gasteiger charge is -2.51. The maximum atomic E-state index is 6.55. The number of halogens is 2. The molecule has 24 heavy (non-hydrogen) atoms. The number of nitrogens with zero attached hydrogens (tertiary/aromatic N) is 1. The SMILES string of the molecule is Cl.Cl.c1ccc(CN2CC3(C[C@H]4CC[C@@H](C3)N4)OCC23CC3)cc1. The molecule has 1 aromatic rings. The molecule has 1 unspecified atom stereocenters. The molecule has 1 aliphatic carbocycles. The number of nitrogens with one attached hydrogen (secondary N) is 1. The number of fused-ring (bicyclic) bond motifs is 2. The quantitative estimate of drug-likeness (QED) is 0.861. The zero-order chi connectivity index (χ0) is 14.6. The summed E-state index contributed by atoms with van der Waals surface area (Å²) >= 11 is 0. The molecule has 1 aromatic carbocycles. The van der Waals surface area contributed by atoms with Gasteiger partial charge in [0.2, 0.25) is 0 Å². The molecule has 3 aliphatic heterocycles. The van der Waals surface area contributed by atoms with Crippen molar-refractivity contribution in [3.05, 3.63) is 35.9 Å². The average molecular weight is 371 g/mol. The molecule has 5 rings (SSSR count). The van der Waals surface area contributed by atoms with Crippen LogP contribution in [0.15, 0.2) is 30.3 Å². The largest absolute Gasteiger partial charge is 0.372 e. The van der Waals surface area contributed by atoms with Gasteiger partial charge in [0.1, 0.15) is 0 Å². The van der Waals surface area contributed by atoms with Gasteiger partial charge < -0.3 is 10.1 Å². The van der Waals surface area contributed by atoms with Gasteiger partial charge in [-0.2, -0.15) is 0 Å². The zero-order valence-electron chi connectivity index (χ0n) is 14.1. The molecule has 3 saturated heterocycles. The lowest BCUT2D eigenvalue weighted by Crippen LogP contribution is -2.62. The second kappa shape index (κ2) is 6.77. The third-order valence-electron chi connectivity index (χ3n) is 6.41. The second-order valence-corrected chi connectivity index (χ2v) is 8.08. The Labute approximate surface area is 157 Å². The normalized spacial score (nSPS) is 36.2. The lowest BCUT2D eigenvalue weighted by molar-refractivity contribution is -0.163. The molecule has 4 fully saturated rings. The molecule has 4 aliphatic rings. The van der Waals surface area contributed by atoms with Gasteiger partial charge in [-0.05, 0) is 44.1 Å². The number of rotatable bonds is 2. The van der Waals surface area contributed by atoms with Crippen molar-refractivity contribution in [2.75, 3.05) is 13.2 Å². The van der Waals surface area contributed by atoms with Crippen LogP contribution < -0.4 is 5.32 Å². The van der Waals surface area contributed by atoms with Crippen molar-refractivity contribution in [2.24, 2.45) is 0 Å². The van der Waals surface area contributed by atoms with E-state index in [2.05, 4.69) is 40.5 Å². The predicted octanol–water partition coefficient (Wildman–Crippen LogP) is 3.55. The van der Waals surface area contributed by atoms with Gasteiger partial charge in [-0.25, -0.2) is 0 Å². The van der Waals surface area contributed by atoms with Crippen molar-refractivity contribution in [1.29, 1.82) is 0 Å². The van der Waals surface area contributed by atoms with Crippen molar-refractivity contribution < 1.29 is 4.74 Å². The summed E-state index contributed by atoms with van der Waals surface area (Å²) in [6.07, 6.45) is 7.76. The summed E-state index contributed by atoms with van der Waals surface area (Å²) in [5.41, 5.74) is 1.94. The van der Waals surface area contributed by atoms with E-state index in [1.54, 1.807) is 0 Å². The summed E-state index contributed by atoms with van der Waals surface area (Å²) in [5.74, 6) is 0. The van der Waals surface area contributed by atoms with E-state index >= 15 is 0 Å². The predicted molar refractivity (Wildman–Crippen MR) is 101 cm³/mol. The van der Waals surface area contributed by atoms with E-state index in [9.17, 15) is 0 Å². The molecule has 5 heteroatoms. The Morgan fingerprint density at radius 2 is 1.71 bits per heavy atom. The van der Waals surface area contributed by atoms with Crippen LogP contribution in [-0.2, 0) is 11.3 Å². The first-order valence-electron chi connectivity index (χ1n) is 8.94. The van der Waals surface area contributed by atoms with Crippen LogP contribution in [0.2, 0.25) is 0 Å². The van der Waals surface area contributed by atoms with Gasteiger partial charge in [-0.15, -0.1) is 24.8 Å². The highest BCUT2D eigenvalue weighted by molar-refractivity contribution is 5.85. The van der Waals surface area contributed by atoms with Crippen LogP contribution in [0.3, 0.4) is 0 Å². The molecule has 0 amide bonds. The summed E-state index contributed by atoms with van der Waals surface area (Å²) in [4.78, 5) is 2.76. The first-order chi connectivity index (χ1) is 10.8. The maximum absolute atomic E-state index is 6.55. The zero-order valence-corrected chi connectivity index (χ0v) is 15.7. The summed E-state index contributed by atoms with van der Waals surface area (Å²) in [7, 11) is 0. The molecule has 1 saturated carbocycles. The van der Waals surface area contributed by atoms with Crippen molar-refractivity contribution in [3.63, 3.8) is 0 Å². The molecule has 1 N–H and O–H groups in total. The maximum Gasteiger partial charge on any atom is 0.0839 e. The Bertz CT molecular complexity index is 552. The van der Waals surface area contributed by atoms with Gasteiger partial charge in [-0.3, -0.25) is 4.90 Å². The Kier molecular flexibility index (Phi) is 5.21. The fraction of sp³-hybridized carbons (Fsp3) is 0.684. The minimum absolute atomic E-state index is 0. The number of morpholine rings is 1. The Hall–Kier alpha value is -0.320. The second-order valence-electron chi connectivity index (χ2n) is 8.08. The van der Waals surface area contributed by atoms with Crippen LogP contribution in [0, 0.1) is 0 Å².